The highest BCUT2D eigenvalue weighted by Crippen LogP contribution is 2.52. The maximum absolute atomic E-state index is 11.7. The smallest absolute Gasteiger partial charge is 0.162 e. The zero-order valence-electron chi connectivity index (χ0n) is 20.5. The summed E-state index contributed by atoms with van der Waals surface area (Å²) >= 11 is 0. The lowest BCUT2D eigenvalue weighted by Gasteiger charge is -2.37. The third kappa shape index (κ3) is 4.64. The van der Waals surface area contributed by atoms with Crippen LogP contribution in [0.1, 0.15) is 28.9 Å². The Morgan fingerprint density at radius 1 is 0.842 bits per heavy atom. The van der Waals surface area contributed by atoms with Gasteiger partial charge < -0.3 is 47.8 Å². The third-order valence-corrected chi connectivity index (χ3v) is 7.03. The Balaban J connectivity index is 1.28. The van der Waals surface area contributed by atoms with Crippen molar-refractivity contribution >= 4 is 0 Å². The molecule has 5 heterocycles. The van der Waals surface area contributed by atoms with Gasteiger partial charge in [0.25, 0.3) is 0 Å². The number of hydrogen-bond acceptors (Lipinski definition) is 10. The van der Waals surface area contributed by atoms with Gasteiger partial charge in [-0.25, -0.2) is 0 Å². The summed E-state index contributed by atoms with van der Waals surface area (Å²) in [6.07, 6.45) is -0.533. The Hall–Kier alpha value is -3.44. The Labute approximate surface area is 218 Å². The molecule has 4 aliphatic heterocycles. The number of rotatable bonds is 9. The molecule has 0 aliphatic carbocycles. The van der Waals surface area contributed by atoms with Crippen LogP contribution in [0.15, 0.2) is 53.1 Å². The minimum absolute atomic E-state index is 0.0415. The molecule has 0 radical (unpaired) electrons. The van der Waals surface area contributed by atoms with Crippen molar-refractivity contribution in [3.63, 3.8) is 0 Å². The van der Waals surface area contributed by atoms with E-state index in [0.29, 0.717) is 72.1 Å². The monoisotopic (exact) mass is 524 g/mol. The highest BCUT2D eigenvalue weighted by atomic mass is 16.6. The van der Waals surface area contributed by atoms with Crippen LogP contribution in [0.4, 0.5) is 0 Å². The van der Waals surface area contributed by atoms with E-state index in [2.05, 4.69) is 0 Å². The van der Waals surface area contributed by atoms with E-state index >= 15 is 0 Å². The normalized spacial score (nSPS) is 28.7. The number of aliphatic hydroxyl groups excluding tert-OH is 2. The van der Waals surface area contributed by atoms with Crippen molar-refractivity contribution in [3.8, 4) is 28.7 Å². The fourth-order valence-electron chi connectivity index (χ4n) is 4.88. The van der Waals surface area contributed by atoms with Gasteiger partial charge in [0, 0.05) is 17.7 Å². The Kier molecular flexibility index (Phi) is 6.04. The largest absolute Gasteiger partial charge is 0.491 e. The van der Waals surface area contributed by atoms with Crippen molar-refractivity contribution in [2.45, 2.75) is 36.4 Å². The molecule has 10 nitrogen and oxygen atoms in total. The first kappa shape index (κ1) is 23.7. The van der Waals surface area contributed by atoms with Crippen molar-refractivity contribution in [1.82, 2.24) is 0 Å². The number of furan rings is 1. The van der Waals surface area contributed by atoms with Crippen molar-refractivity contribution in [2.24, 2.45) is 0 Å². The molecule has 3 aromatic rings. The van der Waals surface area contributed by atoms with E-state index in [0.717, 1.165) is 0 Å². The molecule has 10 heteroatoms. The lowest BCUT2D eigenvalue weighted by Crippen LogP contribution is -2.36. The summed E-state index contributed by atoms with van der Waals surface area (Å²) in [6.45, 7) is 2.24. The van der Waals surface area contributed by atoms with Crippen LogP contribution in [0.2, 0.25) is 0 Å². The van der Waals surface area contributed by atoms with Crippen LogP contribution in [0.25, 0.3) is 0 Å². The van der Waals surface area contributed by atoms with Gasteiger partial charge in [-0.3, -0.25) is 0 Å². The van der Waals surface area contributed by atoms with E-state index in [1.54, 1.807) is 24.5 Å². The van der Waals surface area contributed by atoms with Gasteiger partial charge in [0.2, 0.25) is 0 Å². The molecule has 6 atom stereocenters. The van der Waals surface area contributed by atoms with Crippen LogP contribution in [0.3, 0.4) is 0 Å². The molecule has 7 rings (SSSR count). The number of hydrogen-bond donors (Lipinski definition) is 2. The third-order valence-electron chi connectivity index (χ3n) is 7.03. The van der Waals surface area contributed by atoms with E-state index in [4.69, 9.17) is 37.6 Å². The molecular formula is C28H28O10. The van der Waals surface area contributed by atoms with Crippen LogP contribution in [0.5, 0.6) is 28.7 Å². The average molecular weight is 525 g/mol. The van der Waals surface area contributed by atoms with Gasteiger partial charge in [-0.15, -0.1) is 0 Å². The van der Waals surface area contributed by atoms with E-state index in [-0.39, 0.29) is 25.4 Å². The Bertz CT molecular complexity index is 1280. The summed E-state index contributed by atoms with van der Waals surface area (Å²) in [6, 6.07) is 12.6. The fourth-order valence-corrected chi connectivity index (χ4v) is 4.88. The molecule has 2 fully saturated rings. The highest BCUT2D eigenvalue weighted by molar-refractivity contribution is 5.57. The topological polar surface area (TPSA) is 125 Å². The molecular weight excluding hydrogens is 496 g/mol. The van der Waals surface area contributed by atoms with Gasteiger partial charge in [0.1, 0.15) is 61.1 Å². The van der Waals surface area contributed by atoms with E-state index in [1.807, 2.05) is 24.3 Å². The first-order chi connectivity index (χ1) is 18.7. The van der Waals surface area contributed by atoms with Crippen LogP contribution in [-0.2, 0) is 9.47 Å². The van der Waals surface area contributed by atoms with Crippen molar-refractivity contribution in [2.75, 3.05) is 39.6 Å². The second kappa shape index (κ2) is 9.70. The first-order valence-electron chi connectivity index (χ1n) is 12.8. The molecule has 38 heavy (non-hydrogen) atoms. The molecule has 1 aromatic heterocycles. The minimum Gasteiger partial charge on any atom is -0.491 e. The zero-order chi connectivity index (χ0) is 25.6. The van der Waals surface area contributed by atoms with Crippen molar-refractivity contribution < 1.29 is 47.8 Å². The molecule has 4 aliphatic rings. The molecule has 2 N–H and O–H groups in total. The van der Waals surface area contributed by atoms with Gasteiger partial charge in [0.15, 0.2) is 23.7 Å². The summed E-state index contributed by atoms with van der Waals surface area (Å²) in [4.78, 5) is 0. The molecule has 2 aromatic carbocycles. The molecule has 0 saturated carbocycles. The maximum atomic E-state index is 11.7. The maximum Gasteiger partial charge on any atom is 0.162 e. The standard InChI is InChI=1S/C28H28O10/c29-9-17-10-35-20-4-3-15(6-22(20)37-17)28-27(30)26(21-2-1-5-31-21)25-23(36-14-19-13-34-19)7-16(8-24(25)38-28)32-11-18-12-33-18/h1-8,17-19,26-30H,9-14H2. The first-order valence-corrected chi connectivity index (χ1v) is 12.8. The summed E-state index contributed by atoms with van der Waals surface area (Å²) in [5, 5.41) is 21.3. The molecule has 200 valence electrons. The molecule has 0 spiro atoms. The van der Waals surface area contributed by atoms with Gasteiger partial charge in [-0.1, -0.05) is 6.07 Å². The average Bonchev–Trinajstić information content (AvgIpc) is 3.88. The lowest BCUT2D eigenvalue weighted by atomic mass is 9.82. The molecule has 6 unspecified atom stereocenters. The fraction of sp³-hybridized carbons (Fsp3) is 0.429. The van der Waals surface area contributed by atoms with E-state index < -0.39 is 24.2 Å². The van der Waals surface area contributed by atoms with Crippen LogP contribution in [-0.4, -0.2) is 74.3 Å². The summed E-state index contributed by atoms with van der Waals surface area (Å²) in [7, 11) is 0. The summed E-state index contributed by atoms with van der Waals surface area (Å²) in [5.41, 5.74) is 1.37. The second-order valence-corrected chi connectivity index (χ2v) is 9.83. The Morgan fingerprint density at radius 3 is 2.39 bits per heavy atom. The van der Waals surface area contributed by atoms with Crippen molar-refractivity contribution in [1.29, 1.82) is 0 Å². The Morgan fingerprint density at radius 2 is 1.66 bits per heavy atom. The molecule has 0 bridgehead atoms. The predicted molar refractivity (Wildman–Crippen MR) is 130 cm³/mol. The van der Waals surface area contributed by atoms with Crippen LogP contribution >= 0.6 is 0 Å². The zero-order valence-corrected chi connectivity index (χ0v) is 20.5. The van der Waals surface area contributed by atoms with Gasteiger partial charge in [-0.05, 0) is 29.8 Å². The number of benzene rings is 2. The second-order valence-electron chi connectivity index (χ2n) is 9.83. The lowest BCUT2D eigenvalue weighted by molar-refractivity contribution is 0.00219. The SMILES string of the molecule is OCC1COc2ccc(C3Oc4cc(OCC5CO5)cc(OCC5CO5)c4C(c4ccco4)C3O)cc2O1. The summed E-state index contributed by atoms with van der Waals surface area (Å²) in [5.74, 6) is 2.70. The number of aliphatic hydroxyl groups is 2. The van der Waals surface area contributed by atoms with Gasteiger partial charge >= 0.3 is 0 Å². The quantitative estimate of drug-likeness (QED) is 0.404. The highest BCUT2D eigenvalue weighted by Gasteiger charge is 2.43. The van der Waals surface area contributed by atoms with Crippen molar-refractivity contribution in [3.05, 3.63) is 65.6 Å². The number of ether oxygens (including phenoxy) is 7. The summed E-state index contributed by atoms with van der Waals surface area (Å²) < 4.78 is 46.7. The molecule has 0 amide bonds. The number of fused-ring (bicyclic) bond motifs is 2. The minimum atomic E-state index is -1.02. The van der Waals surface area contributed by atoms with Gasteiger partial charge in [0.05, 0.1) is 32.0 Å². The van der Waals surface area contributed by atoms with Crippen LogP contribution in [0, 0.1) is 0 Å². The van der Waals surface area contributed by atoms with E-state index in [9.17, 15) is 10.2 Å². The van der Waals surface area contributed by atoms with Gasteiger partial charge in [-0.2, -0.15) is 0 Å². The van der Waals surface area contributed by atoms with E-state index in [1.165, 1.54) is 0 Å². The number of epoxide rings is 2. The predicted octanol–water partition coefficient (Wildman–Crippen LogP) is 2.59. The van der Waals surface area contributed by atoms with Crippen LogP contribution < -0.4 is 23.7 Å². The molecule has 2 saturated heterocycles.